The molecule has 0 spiro atoms. The van der Waals surface area contributed by atoms with Gasteiger partial charge in [0.25, 0.3) is 0 Å². The average molecular weight is 221 g/mol. The highest BCUT2D eigenvalue weighted by atomic mass is 35.5. The van der Waals surface area contributed by atoms with E-state index in [4.69, 9.17) is 16.3 Å². The molecule has 0 aliphatic carbocycles. The minimum absolute atomic E-state index is 0.418. The molecule has 0 fully saturated rings. The Morgan fingerprint density at radius 1 is 1.40 bits per heavy atom. The number of rotatable bonds is 1. The lowest BCUT2D eigenvalue weighted by molar-refractivity contribution is 0.357. The van der Waals surface area contributed by atoms with Crippen molar-refractivity contribution >= 4 is 11.6 Å². The molecular weight excluding hydrogens is 212 g/mol. The fourth-order valence-electron chi connectivity index (χ4n) is 1.80. The molecule has 0 atom stereocenters. The number of imidazole rings is 1. The maximum absolute atomic E-state index is 5.74. The molecule has 2 heterocycles. The minimum atomic E-state index is 0.418. The number of nitrogens with zero attached hydrogens (tertiary/aromatic N) is 1. The summed E-state index contributed by atoms with van der Waals surface area (Å²) < 4.78 is 5.44. The van der Waals surface area contributed by atoms with Gasteiger partial charge in [0.2, 0.25) is 0 Å². The normalized spacial score (nSPS) is 13.7. The van der Waals surface area contributed by atoms with E-state index in [9.17, 15) is 0 Å². The Hall–Kier alpha value is -1.48. The summed E-state index contributed by atoms with van der Waals surface area (Å²) in [5.74, 6) is 0.990. The molecule has 3 nitrogen and oxygen atoms in total. The minimum Gasteiger partial charge on any atom is -0.493 e. The van der Waals surface area contributed by atoms with E-state index in [0.29, 0.717) is 5.28 Å². The molecule has 15 heavy (non-hydrogen) atoms. The Labute approximate surface area is 92.1 Å². The molecule has 0 saturated carbocycles. The number of fused-ring (bicyclic) bond motifs is 1. The van der Waals surface area contributed by atoms with E-state index in [1.165, 1.54) is 5.56 Å². The highest BCUT2D eigenvalue weighted by Crippen LogP contribution is 2.29. The van der Waals surface area contributed by atoms with Crippen LogP contribution >= 0.6 is 11.6 Å². The summed E-state index contributed by atoms with van der Waals surface area (Å²) in [6, 6.07) is 6.12. The first kappa shape index (κ1) is 8.80. The number of nitrogens with one attached hydrogen (secondary N) is 1. The monoisotopic (exact) mass is 220 g/mol. The molecule has 0 unspecified atom stereocenters. The van der Waals surface area contributed by atoms with Crippen molar-refractivity contribution in [1.82, 2.24) is 9.97 Å². The zero-order valence-electron chi connectivity index (χ0n) is 7.96. The number of aromatic amines is 1. The van der Waals surface area contributed by atoms with Gasteiger partial charge in [0.15, 0.2) is 5.28 Å². The van der Waals surface area contributed by atoms with Crippen molar-refractivity contribution < 1.29 is 4.74 Å². The second kappa shape index (κ2) is 3.28. The molecule has 0 amide bonds. The standard InChI is InChI=1S/C11H9ClN2O/c12-11-13-6-9(14-11)7-1-2-10-8(5-7)3-4-15-10/h1-2,5-6H,3-4H2,(H,13,14). The van der Waals surface area contributed by atoms with E-state index < -0.39 is 0 Å². The molecule has 3 rings (SSSR count). The van der Waals surface area contributed by atoms with E-state index in [0.717, 1.165) is 30.0 Å². The summed E-state index contributed by atoms with van der Waals surface area (Å²) >= 11 is 5.74. The molecule has 0 saturated heterocycles. The molecular formula is C11H9ClN2O. The number of H-pyrrole nitrogens is 1. The molecule has 0 radical (unpaired) electrons. The molecule has 1 aliphatic rings. The van der Waals surface area contributed by atoms with Crippen LogP contribution in [0.2, 0.25) is 5.28 Å². The second-order valence-corrected chi connectivity index (χ2v) is 3.87. The SMILES string of the molecule is Clc1ncc(-c2ccc3c(c2)CCO3)[nH]1. The van der Waals surface area contributed by atoms with E-state index in [1.54, 1.807) is 6.20 Å². The van der Waals surface area contributed by atoms with Crippen molar-refractivity contribution in [3.63, 3.8) is 0 Å². The van der Waals surface area contributed by atoms with Gasteiger partial charge in [-0.15, -0.1) is 0 Å². The Bertz CT molecular complexity index is 507. The van der Waals surface area contributed by atoms with Crippen LogP contribution in [-0.4, -0.2) is 16.6 Å². The smallest absolute Gasteiger partial charge is 0.200 e. The Morgan fingerprint density at radius 2 is 2.33 bits per heavy atom. The Morgan fingerprint density at radius 3 is 3.13 bits per heavy atom. The van der Waals surface area contributed by atoms with Crippen molar-refractivity contribution in [3.8, 4) is 17.0 Å². The van der Waals surface area contributed by atoms with Gasteiger partial charge in [-0.2, -0.15) is 0 Å². The average Bonchev–Trinajstić information content (AvgIpc) is 2.84. The first-order valence-corrected chi connectivity index (χ1v) is 5.17. The lowest BCUT2D eigenvalue weighted by Gasteiger charge is -2.01. The summed E-state index contributed by atoms with van der Waals surface area (Å²) in [5.41, 5.74) is 3.28. The summed E-state index contributed by atoms with van der Waals surface area (Å²) in [4.78, 5) is 6.96. The van der Waals surface area contributed by atoms with Crippen molar-refractivity contribution in [3.05, 3.63) is 35.2 Å². The maximum Gasteiger partial charge on any atom is 0.200 e. The number of aromatic nitrogens is 2. The topological polar surface area (TPSA) is 37.9 Å². The van der Waals surface area contributed by atoms with Crippen LogP contribution < -0.4 is 4.74 Å². The third-order valence-electron chi connectivity index (χ3n) is 2.55. The molecule has 76 valence electrons. The van der Waals surface area contributed by atoms with Crippen LogP contribution in [0.1, 0.15) is 5.56 Å². The predicted molar refractivity (Wildman–Crippen MR) is 58.2 cm³/mol. The zero-order valence-corrected chi connectivity index (χ0v) is 8.71. The number of benzene rings is 1. The zero-order chi connectivity index (χ0) is 10.3. The van der Waals surface area contributed by atoms with Crippen LogP contribution in [0.5, 0.6) is 5.75 Å². The molecule has 1 aromatic carbocycles. The van der Waals surface area contributed by atoms with Crippen molar-refractivity contribution in [2.75, 3.05) is 6.61 Å². The lowest BCUT2D eigenvalue weighted by Crippen LogP contribution is -1.85. The predicted octanol–water partition coefficient (Wildman–Crippen LogP) is 2.67. The van der Waals surface area contributed by atoms with Crippen LogP contribution in [-0.2, 0) is 6.42 Å². The van der Waals surface area contributed by atoms with Gasteiger partial charge in [0.1, 0.15) is 5.75 Å². The summed E-state index contributed by atoms with van der Waals surface area (Å²) in [5, 5.41) is 0.418. The second-order valence-electron chi connectivity index (χ2n) is 3.51. The van der Waals surface area contributed by atoms with Crippen LogP contribution in [0.15, 0.2) is 24.4 Å². The van der Waals surface area contributed by atoms with E-state index in [-0.39, 0.29) is 0 Å². The van der Waals surface area contributed by atoms with Gasteiger partial charge in [0, 0.05) is 12.0 Å². The summed E-state index contributed by atoms with van der Waals surface area (Å²) in [6.07, 6.45) is 2.71. The molecule has 1 aromatic heterocycles. The molecule has 1 N–H and O–H groups in total. The van der Waals surface area contributed by atoms with Gasteiger partial charge in [-0.1, -0.05) is 0 Å². The van der Waals surface area contributed by atoms with Crippen LogP contribution in [0.25, 0.3) is 11.3 Å². The van der Waals surface area contributed by atoms with Gasteiger partial charge >= 0.3 is 0 Å². The molecule has 2 aromatic rings. The number of ether oxygens (including phenoxy) is 1. The quantitative estimate of drug-likeness (QED) is 0.803. The third kappa shape index (κ3) is 1.49. The Kier molecular flexibility index (Phi) is 1.92. The van der Waals surface area contributed by atoms with Crippen molar-refractivity contribution in [2.45, 2.75) is 6.42 Å². The number of hydrogen-bond acceptors (Lipinski definition) is 2. The lowest BCUT2D eigenvalue weighted by atomic mass is 10.1. The van der Waals surface area contributed by atoms with Gasteiger partial charge < -0.3 is 9.72 Å². The van der Waals surface area contributed by atoms with Crippen LogP contribution in [0, 0.1) is 0 Å². The Balaban J connectivity index is 2.06. The summed E-state index contributed by atoms with van der Waals surface area (Å²) in [6.45, 7) is 0.780. The highest BCUT2D eigenvalue weighted by Gasteiger charge is 2.13. The summed E-state index contributed by atoms with van der Waals surface area (Å²) in [7, 11) is 0. The largest absolute Gasteiger partial charge is 0.493 e. The fraction of sp³-hybridized carbons (Fsp3) is 0.182. The van der Waals surface area contributed by atoms with Gasteiger partial charge in [-0.25, -0.2) is 4.98 Å². The van der Waals surface area contributed by atoms with E-state index >= 15 is 0 Å². The molecule has 1 aliphatic heterocycles. The first-order chi connectivity index (χ1) is 7.33. The van der Waals surface area contributed by atoms with E-state index in [2.05, 4.69) is 16.0 Å². The van der Waals surface area contributed by atoms with E-state index in [1.807, 2.05) is 12.1 Å². The van der Waals surface area contributed by atoms with Crippen molar-refractivity contribution in [2.24, 2.45) is 0 Å². The molecule has 4 heteroatoms. The fourth-order valence-corrected chi connectivity index (χ4v) is 1.95. The van der Waals surface area contributed by atoms with Crippen LogP contribution in [0.3, 0.4) is 0 Å². The highest BCUT2D eigenvalue weighted by molar-refractivity contribution is 6.28. The third-order valence-corrected chi connectivity index (χ3v) is 2.74. The van der Waals surface area contributed by atoms with Gasteiger partial charge in [0.05, 0.1) is 18.5 Å². The van der Waals surface area contributed by atoms with Crippen molar-refractivity contribution in [1.29, 1.82) is 0 Å². The maximum atomic E-state index is 5.74. The van der Waals surface area contributed by atoms with Gasteiger partial charge in [-0.3, -0.25) is 0 Å². The number of hydrogen-bond donors (Lipinski definition) is 1. The number of halogens is 1. The van der Waals surface area contributed by atoms with Gasteiger partial charge in [-0.05, 0) is 35.4 Å². The first-order valence-electron chi connectivity index (χ1n) is 4.79. The van der Waals surface area contributed by atoms with Crippen LogP contribution in [0.4, 0.5) is 0 Å². The molecule has 0 bridgehead atoms.